The maximum absolute atomic E-state index is 5.49. The fourth-order valence-corrected chi connectivity index (χ4v) is 1.35. The number of nitrogens with one attached hydrogen (secondary N) is 1. The Morgan fingerprint density at radius 1 is 1.60 bits per heavy atom. The van der Waals surface area contributed by atoms with Crippen LogP contribution in [-0.4, -0.2) is 25.2 Å². The van der Waals surface area contributed by atoms with Gasteiger partial charge < -0.3 is 15.8 Å². The molecule has 0 fully saturated rings. The van der Waals surface area contributed by atoms with Crippen LogP contribution in [0.25, 0.3) is 0 Å². The van der Waals surface area contributed by atoms with Gasteiger partial charge in [0.2, 0.25) is 0 Å². The second-order valence-corrected chi connectivity index (χ2v) is 3.62. The van der Waals surface area contributed by atoms with E-state index >= 15 is 0 Å². The lowest BCUT2D eigenvalue weighted by molar-refractivity contribution is 0.414. The molecular weight excluding hydrogens is 190 g/mol. The Kier molecular flexibility index (Phi) is 4.90. The minimum atomic E-state index is 0.543. The van der Waals surface area contributed by atoms with Gasteiger partial charge in [0.25, 0.3) is 0 Å². The highest BCUT2D eigenvalue weighted by atomic mass is 16.5. The fraction of sp³-hybridized carbons (Fsp3) is 0.545. The average molecular weight is 209 g/mol. The third-order valence-electron chi connectivity index (χ3n) is 2.27. The monoisotopic (exact) mass is 209 g/mol. The van der Waals surface area contributed by atoms with Crippen molar-refractivity contribution in [2.75, 3.05) is 25.5 Å². The van der Waals surface area contributed by atoms with Crippen molar-refractivity contribution in [1.29, 1.82) is 0 Å². The second kappa shape index (κ2) is 6.24. The largest absolute Gasteiger partial charge is 0.493 e. The van der Waals surface area contributed by atoms with Gasteiger partial charge >= 0.3 is 0 Å². The number of hydrogen-bond acceptors (Lipinski definition) is 4. The zero-order valence-electron chi connectivity index (χ0n) is 9.36. The maximum atomic E-state index is 5.49. The van der Waals surface area contributed by atoms with Crippen LogP contribution in [0.3, 0.4) is 0 Å². The molecule has 0 saturated heterocycles. The summed E-state index contributed by atoms with van der Waals surface area (Å²) in [5, 5.41) is 3.26. The first-order valence-electron chi connectivity index (χ1n) is 5.21. The normalized spacial score (nSPS) is 12.2. The van der Waals surface area contributed by atoms with Crippen molar-refractivity contribution in [3.05, 3.63) is 18.3 Å². The molecule has 0 amide bonds. The molecule has 0 radical (unpaired) electrons. The van der Waals surface area contributed by atoms with Crippen LogP contribution in [0.1, 0.15) is 13.3 Å². The quantitative estimate of drug-likeness (QED) is 0.745. The molecule has 1 rings (SSSR count). The van der Waals surface area contributed by atoms with E-state index in [4.69, 9.17) is 10.5 Å². The molecule has 1 aromatic heterocycles. The summed E-state index contributed by atoms with van der Waals surface area (Å²) >= 11 is 0. The third-order valence-corrected chi connectivity index (χ3v) is 2.27. The summed E-state index contributed by atoms with van der Waals surface area (Å²) in [6, 6.07) is 3.75. The van der Waals surface area contributed by atoms with Gasteiger partial charge in [-0.15, -0.1) is 0 Å². The summed E-state index contributed by atoms with van der Waals surface area (Å²) in [5.41, 5.74) is 5.49. The molecule has 4 nitrogen and oxygen atoms in total. The number of pyridine rings is 1. The SMILES string of the molecule is COc1cccnc1NCC(C)CCN. The van der Waals surface area contributed by atoms with Gasteiger partial charge in [-0.3, -0.25) is 0 Å². The standard InChI is InChI=1S/C11H19N3O/c1-9(5-6-12)8-14-11-10(15-2)4-3-7-13-11/h3-4,7,9H,5-6,8,12H2,1-2H3,(H,13,14). The molecule has 0 aliphatic carbocycles. The van der Waals surface area contributed by atoms with Crippen molar-refractivity contribution in [3.63, 3.8) is 0 Å². The highest BCUT2D eigenvalue weighted by molar-refractivity contribution is 5.49. The van der Waals surface area contributed by atoms with E-state index in [0.29, 0.717) is 5.92 Å². The zero-order chi connectivity index (χ0) is 11.1. The first-order chi connectivity index (χ1) is 7.27. The lowest BCUT2D eigenvalue weighted by Gasteiger charge is -2.13. The van der Waals surface area contributed by atoms with Crippen molar-refractivity contribution in [1.82, 2.24) is 4.98 Å². The minimum Gasteiger partial charge on any atom is -0.493 e. The number of methoxy groups -OCH3 is 1. The van der Waals surface area contributed by atoms with E-state index in [1.165, 1.54) is 0 Å². The number of aromatic nitrogens is 1. The number of hydrogen-bond donors (Lipinski definition) is 2. The predicted octanol–water partition coefficient (Wildman–Crippen LogP) is 1.49. The van der Waals surface area contributed by atoms with Crippen molar-refractivity contribution >= 4 is 5.82 Å². The van der Waals surface area contributed by atoms with Crippen molar-refractivity contribution in [2.45, 2.75) is 13.3 Å². The number of ether oxygens (including phenoxy) is 1. The molecule has 0 saturated carbocycles. The van der Waals surface area contributed by atoms with E-state index < -0.39 is 0 Å². The van der Waals surface area contributed by atoms with E-state index in [2.05, 4.69) is 17.2 Å². The molecule has 1 unspecified atom stereocenters. The molecule has 1 heterocycles. The van der Waals surface area contributed by atoms with E-state index in [9.17, 15) is 0 Å². The number of anilines is 1. The van der Waals surface area contributed by atoms with E-state index in [1.54, 1.807) is 13.3 Å². The molecule has 0 aliphatic heterocycles. The first-order valence-corrected chi connectivity index (χ1v) is 5.21. The molecular formula is C11H19N3O. The summed E-state index contributed by atoms with van der Waals surface area (Å²) in [6.45, 7) is 3.75. The van der Waals surface area contributed by atoms with Crippen LogP contribution < -0.4 is 15.8 Å². The molecule has 0 aromatic carbocycles. The van der Waals surface area contributed by atoms with Gasteiger partial charge in [0.1, 0.15) is 0 Å². The van der Waals surface area contributed by atoms with E-state index in [0.717, 1.165) is 31.1 Å². The lowest BCUT2D eigenvalue weighted by atomic mass is 10.1. The lowest BCUT2D eigenvalue weighted by Crippen LogP contribution is -2.16. The Hall–Kier alpha value is -1.29. The number of nitrogens with two attached hydrogens (primary N) is 1. The predicted molar refractivity (Wildman–Crippen MR) is 62.1 cm³/mol. The van der Waals surface area contributed by atoms with Crippen molar-refractivity contribution < 1.29 is 4.74 Å². The summed E-state index contributed by atoms with van der Waals surface area (Å²) in [6.07, 6.45) is 2.76. The second-order valence-electron chi connectivity index (χ2n) is 3.62. The molecule has 1 atom stereocenters. The number of rotatable bonds is 6. The molecule has 84 valence electrons. The summed E-state index contributed by atoms with van der Waals surface area (Å²) in [4.78, 5) is 4.21. The molecule has 3 N–H and O–H groups in total. The smallest absolute Gasteiger partial charge is 0.168 e. The highest BCUT2D eigenvalue weighted by Crippen LogP contribution is 2.20. The summed E-state index contributed by atoms with van der Waals surface area (Å²) in [7, 11) is 1.64. The van der Waals surface area contributed by atoms with Crippen LogP contribution in [0.5, 0.6) is 5.75 Å². The highest BCUT2D eigenvalue weighted by Gasteiger charge is 2.05. The van der Waals surface area contributed by atoms with Gasteiger partial charge in [0, 0.05) is 12.7 Å². The Bertz CT molecular complexity index is 291. The molecule has 0 aliphatic rings. The molecule has 0 spiro atoms. The van der Waals surface area contributed by atoms with Crippen LogP contribution in [0.4, 0.5) is 5.82 Å². The van der Waals surface area contributed by atoms with Gasteiger partial charge in [0.15, 0.2) is 11.6 Å². The summed E-state index contributed by atoms with van der Waals surface area (Å²) in [5.74, 6) is 2.11. The van der Waals surface area contributed by atoms with Gasteiger partial charge in [-0.2, -0.15) is 0 Å². The first kappa shape index (κ1) is 11.8. The molecule has 4 heteroatoms. The van der Waals surface area contributed by atoms with Gasteiger partial charge in [-0.25, -0.2) is 4.98 Å². The zero-order valence-corrected chi connectivity index (χ0v) is 9.36. The van der Waals surface area contributed by atoms with Crippen molar-refractivity contribution in [3.8, 4) is 5.75 Å². The Morgan fingerprint density at radius 2 is 2.40 bits per heavy atom. The summed E-state index contributed by atoms with van der Waals surface area (Å²) < 4.78 is 5.19. The number of nitrogens with zero attached hydrogens (tertiary/aromatic N) is 1. The van der Waals surface area contributed by atoms with Crippen LogP contribution in [0, 0.1) is 5.92 Å². The molecule has 1 aromatic rings. The molecule has 15 heavy (non-hydrogen) atoms. The van der Waals surface area contributed by atoms with E-state index in [1.807, 2.05) is 12.1 Å². The van der Waals surface area contributed by atoms with Crippen LogP contribution in [-0.2, 0) is 0 Å². The van der Waals surface area contributed by atoms with Crippen LogP contribution in [0.15, 0.2) is 18.3 Å². The van der Waals surface area contributed by atoms with Crippen molar-refractivity contribution in [2.24, 2.45) is 11.7 Å². The van der Waals surface area contributed by atoms with Gasteiger partial charge in [-0.05, 0) is 31.0 Å². The van der Waals surface area contributed by atoms with Crippen LogP contribution >= 0.6 is 0 Å². The Labute approximate surface area is 90.8 Å². The van der Waals surface area contributed by atoms with Crippen LogP contribution in [0.2, 0.25) is 0 Å². The Morgan fingerprint density at radius 3 is 3.07 bits per heavy atom. The van der Waals surface area contributed by atoms with Gasteiger partial charge in [0.05, 0.1) is 7.11 Å². The maximum Gasteiger partial charge on any atom is 0.168 e. The van der Waals surface area contributed by atoms with Gasteiger partial charge in [-0.1, -0.05) is 6.92 Å². The average Bonchev–Trinajstić information content (AvgIpc) is 2.27. The van der Waals surface area contributed by atoms with E-state index in [-0.39, 0.29) is 0 Å². The fourth-order valence-electron chi connectivity index (χ4n) is 1.35. The third kappa shape index (κ3) is 3.75. The Balaban J connectivity index is 2.49. The minimum absolute atomic E-state index is 0.543. The molecule has 0 bridgehead atoms. The topological polar surface area (TPSA) is 60.2 Å².